The maximum absolute atomic E-state index is 8.86. The first-order chi connectivity index (χ1) is 13.2. The van der Waals surface area contributed by atoms with Crippen molar-refractivity contribution in [3.8, 4) is 23.3 Å². The summed E-state index contributed by atoms with van der Waals surface area (Å²) in [5, 5.41) is 8.86. The van der Waals surface area contributed by atoms with Gasteiger partial charge < -0.3 is 19.8 Å². The van der Waals surface area contributed by atoms with Crippen LogP contribution in [0.3, 0.4) is 0 Å². The van der Waals surface area contributed by atoms with Crippen molar-refractivity contribution in [1.29, 1.82) is 5.26 Å². The topological polar surface area (TPSA) is 86.1 Å². The standard InChI is InChI=1S/C21H20N4O2/c22-14-15-4-7-20(19(23)12-15)27-11-10-26-18-3-1-2-17(13-18)25-9-8-24-21(25)16-5-6-16/h1-4,7-9,12-13,16H,5-6,10-11,23H2. The number of rotatable bonds is 7. The van der Waals surface area contributed by atoms with Crippen LogP contribution in [0, 0.1) is 11.3 Å². The Kier molecular flexibility index (Phi) is 4.67. The van der Waals surface area contributed by atoms with Gasteiger partial charge in [-0.15, -0.1) is 0 Å². The molecule has 27 heavy (non-hydrogen) atoms. The van der Waals surface area contributed by atoms with Gasteiger partial charge in [-0.05, 0) is 43.2 Å². The third-order valence-corrected chi connectivity index (χ3v) is 4.46. The average molecular weight is 360 g/mol. The Bertz CT molecular complexity index is 986. The number of nitrogen functional groups attached to an aromatic ring is 1. The summed E-state index contributed by atoms with van der Waals surface area (Å²) in [4.78, 5) is 4.48. The molecular weight excluding hydrogens is 340 g/mol. The van der Waals surface area contributed by atoms with Gasteiger partial charge in [-0.25, -0.2) is 4.98 Å². The highest BCUT2D eigenvalue weighted by Gasteiger charge is 2.28. The smallest absolute Gasteiger partial charge is 0.142 e. The summed E-state index contributed by atoms with van der Waals surface area (Å²) >= 11 is 0. The number of ether oxygens (including phenoxy) is 2. The van der Waals surface area contributed by atoms with Crippen molar-refractivity contribution in [3.63, 3.8) is 0 Å². The lowest BCUT2D eigenvalue weighted by molar-refractivity contribution is 0.218. The molecule has 1 fully saturated rings. The Morgan fingerprint density at radius 3 is 2.78 bits per heavy atom. The van der Waals surface area contributed by atoms with E-state index in [1.54, 1.807) is 18.2 Å². The number of hydrogen-bond donors (Lipinski definition) is 1. The van der Waals surface area contributed by atoms with Gasteiger partial charge in [-0.3, -0.25) is 0 Å². The number of anilines is 1. The second kappa shape index (κ2) is 7.42. The minimum atomic E-state index is 0.360. The van der Waals surface area contributed by atoms with Crippen LogP contribution in [0.2, 0.25) is 0 Å². The number of nitriles is 1. The van der Waals surface area contributed by atoms with Crippen molar-refractivity contribution < 1.29 is 9.47 Å². The molecule has 4 rings (SSSR count). The van der Waals surface area contributed by atoms with Crippen LogP contribution in [-0.2, 0) is 0 Å². The molecule has 0 spiro atoms. The molecule has 0 aliphatic heterocycles. The molecule has 1 aliphatic carbocycles. The van der Waals surface area contributed by atoms with Crippen molar-refractivity contribution in [1.82, 2.24) is 9.55 Å². The van der Waals surface area contributed by atoms with E-state index in [0.29, 0.717) is 36.1 Å². The summed E-state index contributed by atoms with van der Waals surface area (Å²) in [7, 11) is 0. The van der Waals surface area contributed by atoms with Crippen LogP contribution in [0.25, 0.3) is 5.69 Å². The second-order valence-electron chi connectivity index (χ2n) is 6.49. The Labute approximate surface area is 157 Å². The summed E-state index contributed by atoms with van der Waals surface area (Å²) < 4.78 is 13.6. The van der Waals surface area contributed by atoms with Crippen LogP contribution in [0.1, 0.15) is 30.1 Å². The van der Waals surface area contributed by atoms with Crippen LogP contribution in [0.15, 0.2) is 54.9 Å². The van der Waals surface area contributed by atoms with Gasteiger partial charge in [-0.2, -0.15) is 5.26 Å². The summed E-state index contributed by atoms with van der Waals surface area (Å²) in [6.07, 6.45) is 6.26. The molecule has 0 atom stereocenters. The van der Waals surface area contributed by atoms with E-state index in [0.717, 1.165) is 17.3 Å². The minimum absolute atomic E-state index is 0.360. The SMILES string of the molecule is N#Cc1ccc(OCCOc2cccc(-n3ccnc3C3CC3)c2)c(N)c1. The minimum Gasteiger partial charge on any atom is -0.490 e. The van der Waals surface area contributed by atoms with E-state index in [1.165, 1.54) is 12.8 Å². The molecule has 136 valence electrons. The normalized spacial score (nSPS) is 13.1. The molecule has 2 N–H and O–H groups in total. The van der Waals surface area contributed by atoms with Crippen LogP contribution in [-0.4, -0.2) is 22.8 Å². The van der Waals surface area contributed by atoms with Crippen molar-refractivity contribution in [2.75, 3.05) is 18.9 Å². The van der Waals surface area contributed by atoms with Crippen molar-refractivity contribution in [2.24, 2.45) is 0 Å². The summed E-state index contributed by atoms with van der Waals surface area (Å²) in [6.45, 7) is 0.751. The van der Waals surface area contributed by atoms with Gasteiger partial charge in [0, 0.05) is 24.4 Å². The molecule has 1 aromatic heterocycles. The van der Waals surface area contributed by atoms with E-state index >= 15 is 0 Å². The maximum atomic E-state index is 8.86. The first kappa shape index (κ1) is 17.0. The predicted molar refractivity (Wildman–Crippen MR) is 102 cm³/mol. The molecule has 0 amide bonds. The van der Waals surface area contributed by atoms with Gasteiger partial charge in [0.2, 0.25) is 0 Å². The van der Waals surface area contributed by atoms with Gasteiger partial charge in [0.25, 0.3) is 0 Å². The highest BCUT2D eigenvalue weighted by atomic mass is 16.5. The first-order valence-electron chi connectivity index (χ1n) is 8.93. The third-order valence-electron chi connectivity index (χ3n) is 4.46. The molecule has 6 heteroatoms. The molecule has 0 radical (unpaired) electrons. The zero-order chi connectivity index (χ0) is 18.6. The lowest BCUT2D eigenvalue weighted by atomic mass is 10.2. The highest BCUT2D eigenvalue weighted by molar-refractivity contribution is 5.56. The Morgan fingerprint density at radius 2 is 2.00 bits per heavy atom. The van der Waals surface area contributed by atoms with Crippen molar-refractivity contribution in [2.45, 2.75) is 18.8 Å². The molecule has 0 unspecified atom stereocenters. The monoisotopic (exact) mass is 360 g/mol. The van der Waals surface area contributed by atoms with Gasteiger partial charge in [-0.1, -0.05) is 6.07 Å². The molecular formula is C21H20N4O2. The lowest BCUT2D eigenvalue weighted by Crippen LogP contribution is -2.10. The first-order valence-corrected chi connectivity index (χ1v) is 8.93. The van der Waals surface area contributed by atoms with Crippen LogP contribution in [0.5, 0.6) is 11.5 Å². The molecule has 0 bridgehead atoms. The summed E-state index contributed by atoms with van der Waals surface area (Å²) in [6, 6.07) is 15.0. The number of nitrogens with zero attached hydrogens (tertiary/aromatic N) is 3. The number of nitrogens with two attached hydrogens (primary N) is 1. The van der Waals surface area contributed by atoms with E-state index in [2.05, 4.69) is 9.55 Å². The van der Waals surface area contributed by atoms with Crippen molar-refractivity contribution >= 4 is 5.69 Å². The van der Waals surface area contributed by atoms with Gasteiger partial charge in [0.05, 0.1) is 23.0 Å². The maximum Gasteiger partial charge on any atom is 0.142 e. The summed E-state index contributed by atoms with van der Waals surface area (Å²) in [5.74, 6) is 3.03. The highest BCUT2D eigenvalue weighted by Crippen LogP contribution is 2.40. The van der Waals surface area contributed by atoms with E-state index in [1.807, 2.05) is 42.7 Å². The van der Waals surface area contributed by atoms with Crippen molar-refractivity contribution in [3.05, 3.63) is 66.2 Å². The van der Waals surface area contributed by atoms with Gasteiger partial charge in [0.15, 0.2) is 0 Å². The van der Waals surface area contributed by atoms with Crippen LogP contribution in [0.4, 0.5) is 5.69 Å². The largest absolute Gasteiger partial charge is 0.490 e. The average Bonchev–Trinajstić information content (AvgIpc) is 3.42. The Balaban J connectivity index is 1.35. The lowest BCUT2D eigenvalue weighted by Gasteiger charge is -2.12. The molecule has 1 aliphatic rings. The van der Waals surface area contributed by atoms with Gasteiger partial charge in [0.1, 0.15) is 30.5 Å². The van der Waals surface area contributed by atoms with E-state index in [4.69, 9.17) is 20.5 Å². The number of hydrogen-bond acceptors (Lipinski definition) is 5. The molecule has 1 saturated carbocycles. The predicted octanol–water partition coefficient (Wildman–Crippen LogP) is 3.66. The molecule has 6 nitrogen and oxygen atoms in total. The Morgan fingerprint density at radius 1 is 1.15 bits per heavy atom. The van der Waals surface area contributed by atoms with Gasteiger partial charge >= 0.3 is 0 Å². The summed E-state index contributed by atoms with van der Waals surface area (Å²) in [5.41, 5.74) is 7.89. The van der Waals surface area contributed by atoms with E-state index < -0.39 is 0 Å². The number of benzene rings is 2. The second-order valence-corrected chi connectivity index (χ2v) is 6.49. The zero-order valence-corrected chi connectivity index (χ0v) is 14.8. The van der Waals surface area contributed by atoms with E-state index in [9.17, 15) is 0 Å². The zero-order valence-electron chi connectivity index (χ0n) is 14.8. The fourth-order valence-corrected chi connectivity index (χ4v) is 2.96. The number of aromatic nitrogens is 2. The fourth-order valence-electron chi connectivity index (χ4n) is 2.96. The van der Waals surface area contributed by atoms with E-state index in [-0.39, 0.29) is 0 Å². The fraction of sp³-hybridized carbons (Fsp3) is 0.238. The van der Waals surface area contributed by atoms with Crippen LogP contribution >= 0.6 is 0 Å². The quantitative estimate of drug-likeness (QED) is 0.513. The molecule has 2 aromatic carbocycles. The molecule has 0 saturated heterocycles. The van der Waals surface area contributed by atoms with Crippen LogP contribution < -0.4 is 15.2 Å². The number of imidazole rings is 1. The molecule has 1 heterocycles. The third kappa shape index (κ3) is 3.87. The Hall–Kier alpha value is -3.46. The molecule has 3 aromatic rings.